The van der Waals surface area contributed by atoms with E-state index < -0.39 is 0 Å². The highest BCUT2D eigenvalue weighted by atomic mass is 32.1. The molecule has 2 fully saturated rings. The van der Waals surface area contributed by atoms with E-state index >= 15 is 0 Å². The second kappa shape index (κ2) is 8.75. The molecular formula is C21H27N4O2S+. The summed E-state index contributed by atoms with van der Waals surface area (Å²) in [5, 5.41) is 1.92. The van der Waals surface area contributed by atoms with Crippen LogP contribution in [0.4, 0.5) is 5.69 Å². The molecule has 1 N–H and O–H groups in total. The number of thiophene rings is 1. The van der Waals surface area contributed by atoms with Gasteiger partial charge in [-0.1, -0.05) is 24.3 Å². The van der Waals surface area contributed by atoms with Crippen molar-refractivity contribution in [1.29, 1.82) is 0 Å². The lowest BCUT2D eigenvalue weighted by Gasteiger charge is -2.37. The van der Waals surface area contributed by atoms with Crippen LogP contribution in [-0.2, 0) is 4.79 Å². The highest BCUT2D eigenvalue weighted by Crippen LogP contribution is 2.14. The van der Waals surface area contributed by atoms with Gasteiger partial charge in [-0.25, -0.2) is 0 Å². The van der Waals surface area contributed by atoms with Crippen LogP contribution in [0.5, 0.6) is 0 Å². The third kappa shape index (κ3) is 4.36. The van der Waals surface area contributed by atoms with E-state index in [1.54, 1.807) is 0 Å². The quantitative estimate of drug-likeness (QED) is 0.812. The molecule has 2 amide bonds. The summed E-state index contributed by atoms with van der Waals surface area (Å²) in [6.07, 6.45) is 0. The predicted octanol–water partition coefficient (Wildman–Crippen LogP) is 0.438. The van der Waals surface area contributed by atoms with E-state index in [0.29, 0.717) is 32.7 Å². The largest absolute Gasteiger partial charge is 0.360 e. The number of para-hydroxylation sites is 1. The third-order valence-corrected chi connectivity index (χ3v) is 6.50. The van der Waals surface area contributed by atoms with Crippen molar-refractivity contribution in [3.8, 4) is 0 Å². The molecule has 28 heavy (non-hydrogen) atoms. The van der Waals surface area contributed by atoms with Crippen LogP contribution in [0.1, 0.15) is 9.67 Å². The number of carbonyl (C=O) groups is 2. The van der Waals surface area contributed by atoms with Gasteiger partial charge in [0, 0.05) is 31.9 Å². The third-order valence-electron chi connectivity index (χ3n) is 5.64. The average molecular weight is 400 g/mol. The SMILES string of the molecule is O=C(C[NH+]1CCN(c2ccccc2)CC1)N1CCN(C(=O)c2cccs2)CC1. The molecule has 0 aliphatic carbocycles. The molecule has 0 spiro atoms. The van der Waals surface area contributed by atoms with Gasteiger partial charge in [0.25, 0.3) is 11.8 Å². The standard InChI is InChI=1S/C21H26N4O2S/c26-20(17-22-8-10-23(11-9-22)18-5-2-1-3-6-18)24-12-14-25(15-13-24)21(27)19-7-4-16-28-19/h1-7,16H,8-15,17H2/p+1. The number of nitrogens with one attached hydrogen (secondary N) is 1. The first-order valence-electron chi connectivity index (χ1n) is 9.95. The van der Waals surface area contributed by atoms with Crippen molar-refractivity contribution in [3.63, 3.8) is 0 Å². The minimum Gasteiger partial charge on any atom is -0.360 e. The molecule has 0 radical (unpaired) electrons. The van der Waals surface area contributed by atoms with Gasteiger partial charge >= 0.3 is 0 Å². The van der Waals surface area contributed by atoms with Gasteiger partial charge in [-0.05, 0) is 23.6 Å². The van der Waals surface area contributed by atoms with Crippen molar-refractivity contribution in [1.82, 2.24) is 9.80 Å². The number of carbonyl (C=O) groups excluding carboxylic acids is 2. The first kappa shape index (κ1) is 19.0. The van der Waals surface area contributed by atoms with Crippen LogP contribution >= 0.6 is 11.3 Å². The number of amides is 2. The number of quaternary nitrogens is 1. The second-order valence-corrected chi connectivity index (χ2v) is 8.35. The van der Waals surface area contributed by atoms with Crippen LogP contribution in [0.2, 0.25) is 0 Å². The van der Waals surface area contributed by atoms with Crippen molar-refractivity contribution >= 4 is 28.8 Å². The Morgan fingerprint density at radius 1 is 0.857 bits per heavy atom. The van der Waals surface area contributed by atoms with Gasteiger partial charge in [0.2, 0.25) is 0 Å². The Kier molecular flexibility index (Phi) is 5.92. The Balaban J connectivity index is 1.22. The fourth-order valence-corrected chi connectivity index (χ4v) is 4.63. The number of rotatable bonds is 4. The monoisotopic (exact) mass is 399 g/mol. The maximum Gasteiger partial charge on any atom is 0.277 e. The lowest BCUT2D eigenvalue weighted by Crippen LogP contribution is -3.16. The van der Waals surface area contributed by atoms with E-state index in [1.165, 1.54) is 21.9 Å². The van der Waals surface area contributed by atoms with Gasteiger partial charge < -0.3 is 19.6 Å². The highest BCUT2D eigenvalue weighted by molar-refractivity contribution is 7.12. The molecule has 7 heteroatoms. The molecule has 148 valence electrons. The molecule has 3 heterocycles. The first-order valence-corrected chi connectivity index (χ1v) is 10.8. The average Bonchev–Trinajstić information content (AvgIpc) is 3.29. The maximum absolute atomic E-state index is 12.7. The molecule has 2 aliphatic heterocycles. The summed E-state index contributed by atoms with van der Waals surface area (Å²) >= 11 is 1.47. The Morgan fingerprint density at radius 3 is 2.18 bits per heavy atom. The number of hydrogen-bond acceptors (Lipinski definition) is 4. The summed E-state index contributed by atoms with van der Waals surface area (Å²) in [5.41, 5.74) is 1.26. The summed E-state index contributed by atoms with van der Waals surface area (Å²) in [5.74, 6) is 0.302. The fourth-order valence-electron chi connectivity index (χ4n) is 3.94. The van der Waals surface area contributed by atoms with Crippen LogP contribution in [0, 0.1) is 0 Å². The summed E-state index contributed by atoms with van der Waals surface area (Å²) < 4.78 is 0. The molecule has 2 aliphatic rings. The second-order valence-electron chi connectivity index (χ2n) is 7.40. The molecule has 0 saturated carbocycles. The summed E-state index contributed by atoms with van der Waals surface area (Å²) in [6.45, 7) is 7.01. The van der Waals surface area contributed by atoms with Crippen molar-refractivity contribution in [2.45, 2.75) is 0 Å². The number of piperazine rings is 2. The van der Waals surface area contributed by atoms with Crippen LogP contribution in [-0.4, -0.2) is 80.5 Å². The number of nitrogens with zero attached hydrogens (tertiary/aromatic N) is 3. The zero-order valence-corrected chi connectivity index (χ0v) is 16.9. The van der Waals surface area contributed by atoms with Gasteiger partial charge in [0.05, 0.1) is 31.1 Å². The van der Waals surface area contributed by atoms with Crippen LogP contribution in [0.15, 0.2) is 47.8 Å². The van der Waals surface area contributed by atoms with Gasteiger partial charge in [-0.2, -0.15) is 0 Å². The molecule has 0 unspecified atom stereocenters. The number of benzene rings is 1. The van der Waals surface area contributed by atoms with E-state index in [9.17, 15) is 9.59 Å². The fraction of sp³-hybridized carbons (Fsp3) is 0.429. The van der Waals surface area contributed by atoms with Gasteiger partial charge in [0.1, 0.15) is 0 Å². The smallest absolute Gasteiger partial charge is 0.277 e. The Bertz CT molecular complexity index is 780. The zero-order chi connectivity index (χ0) is 19.3. The molecule has 1 aromatic carbocycles. The van der Waals surface area contributed by atoms with Crippen LogP contribution in [0.25, 0.3) is 0 Å². The summed E-state index contributed by atoms with van der Waals surface area (Å²) in [6, 6.07) is 14.2. The van der Waals surface area contributed by atoms with Crippen molar-refractivity contribution in [2.75, 3.05) is 63.8 Å². The normalized spacial score (nSPS) is 18.4. The molecule has 0 atom stereocenters. The molecule has 4 rings (SSSR count). The van der Waals surface area contributed by atoms with Crippen LogP contribution in [0.3, 0.4) is 0 Å². The molecule has 2 aromatic rings. The van der Waals surface area contributed by atoms with E-state index in [1.807, 2.05) is 33.4 Å². The van der Waals surface area contributed by atoms with E-state index in [0.717, 1.165) is 31.1 Å². The minimum absolute atomic E-state index is 0.0877. The lowest BCUT2D eigenvalue weighted by molar-refractivity contribution is -0.892. The summed E-state index contributed by atoms with van der Waals surface area (Å²) in [7, 11) is 0. The first-order chi connectivity index (χ1) is 13.7. The van der Waals surface area contributed by atoms with Gasteiger partial charge in [-0.15, -0.1) is 11.3 Å². The highest BCUT2D eigenvalue weighted by Gasteiger charge is 2.28. The number of hydrogen-bond donors (Lipinski definition) is 1. The lowest BCUT2D eigenvalue weighted by atomic mass is 10.2. The predicted molar refractivity (Wildman–Crippen MR) is 111 cm³/mol. The van der Waals surface area contributed by atoms with Gasteiger partial charge in [-0.3, -0.25) is 9.59 Å². The topological polar surface area (TPSA) is 48.3 Å². The molecule has 0 bridgehead atoms. The summed E-state index contributed by atoms with van der Waals surface area (Å²) in [4.78, 5) is 33.5. The van der Waals surface area contributed by atoms with Crippen molar-refractivity contribution in [3.05, 3.63) is 52.7 Å². The maximum atomic E-state index is 12.7. The molecule has 1 aromatic heterocycles. The molecule has 2 saturated heterocycles. The molecular weight excluding hydrogens is 372 g/mol. The van der Waals surface area contributed by atoms with Gasteiger partial charge in [0.15, 0.2) is 6.54 Å². The van der Waals surface area contributed by atoms with E-state index in [4.69, 9.17) is 0 Å². The molecule has 6 nitrogen and oxygen atoms in total. The van der Waals surface area contributed by atoms with E-state index in [2.05, 4.69) is 29.2 Å². The van der Waals surface area contributed by atoms with Crippen molar-refractivity contribution in [2.24, 2.45) is 0 Å². The Labute approximate surface area is 169 Å². The van der Waals surface area contributed by atoms with Crippen molar-refractivity contribution < 1.29 is 14.5 Å². The van der Waals surface area contributed by atoms with Crippen LogP contribution < -0.4 is 9.80 Å². The van der Waals surface area contributed by atoms with E-state index in [-0.39, 0.29) is 11.8 Å². The Morgan fingerprint density at radius 2 is 1.54 bits per heavy atom. The number of anilines is 1. The zero-order valence-electron chi connectivity index (χ0n) is 16.0. The Hall–Kier alpha value is -2.38. The minimum atomic E-state index is 0.0877.